The van der Waals surface area contributed by atoms with Crippen LogP contribution in [-0.2, 0) is 11.3 Å². The molecule has 0 atom stereocenters. The molecule has 1 aromatic carbocycles. The van der Waals surface area contributed by atoms with Crippen LogP contribution in [0.1, 0.15) is 28.0 Å². The summed E-state index contributed by atoms with van der Waals surface area (Å²) < 4.78 is 12.7. The van der Waals surface area contributed by atoms with Gasteiger partial charge in [0.15, 0.2) is 0 Å². The van der Waals surface area contributed by atoms with Gasteiger partial charge in [-0.1, -0.05) is 6.07 Å². The number of hydrogen-bond acceptors (Lipinski definition) is 4. The number of carbonyl (C=O) groups excluding carboxylic acids is 1. The molecule has 136 valence electrons. The van der Waals surface area contributed by atoms with E-state index in [9.17, 15) is 4.79 Å². The Bertz CT molecular complexity index is 872. The number of amides is 1. The molecule has 0 aliphatic carbocycles. The van der Waals surface area contributed by atoms with E-state index in [1.807, 2.05) is 35.9 Å². The smallest absolute Gasteiger partial charge is 0.251 e. The molecule has 0 spiro atoms. The normalized spacial score (nSPS) is 10.8. The Morgan fingerprint density at radius 3 is 2.77 bits per heavy atom. The Labute approximate surface area is 152 Å². The van der Waals surface area contributed by atoms with Gasteiger partial charge in [-0.3, -0.25) is 4.79 Å². The van der Waals surface area contributed by atoms with Crippen molar-refractivity contribution in [2.75, 3.05) is 20.3 Å². The summed E-state index contributed by atoms with van der Waals surface area (Å²) in [4.78, 5) is 16.6. The third-order valence-electron chi connectivity index (χ3n) is 4.04. The van der Waals surface area contributed by atoms with Crippen LogP contribution in [0.3, 0.4) is 0 Å². The van der Waals surface area contributed by atoms with Gasteiger partial charge >= 0.3 is 0 Å². The zero-order chi connectivity index (χ0) is 18.4. The van der Waals surface area contributed by atoms with Crippen molar-refractivity contribution in [3.8, 4) is 5.75 Å². The van der Waals surface area contributed by atoms with Gasteiger partial charge in [0, 0.05) is 38.2 Å². The molecule has 2 heterocycles. The van der Waals surface area contributed by atoms with E-state index in [2.05, 4.69) is 10.3 Å². The van der Waals surface area contributed by atoms with Crippen LogP contribution in [0.25, 0.3) is 5.65 Å². The van der Waals surface area contributed by atoms with Gasteiger partial charge in [0.1, 0.15) is 18.0 Å². The van der Waals surface area contributed by atoms with Crippen molar-refractivity contribution in [2.24, 2.45) is 0 Å². The van der Waals surface area contributed by atoms with Crippen molar-refractivity contribution in [1.82, 2.24) is 14.7 Å². The molecule has 0 radical (unpaired) electrons. The van der Waals surface area contributed by atoms with Crippen molar-refractivity contribution in [3.63, 3.8) is 0 Å². The Morgan fingerprint density at radius 2 is 2.04 bits per heavy atom. The molecule has 0 unspecified atom stereocenters. The lowest BCUT2D eigenvalue weighted by Gasteiger charge is -2.07. The second-order valence-electron chi connectivity index (χ2n) is 6.07. The lowest BCUT2D eigenvalue weighted by atomic mass is 10.2. The number of methoxy groups -OCH3 is 1. The molecule has 0 saturated heterocycles. The number of imidazole rings is 1. The van der Waals surface area contributed by atoms with Gasteiger partial charge in [0.2, 0.25) is 0 Å². The standard InChI is InChI=1S/C20H23N3O3/c1-15-5-3-11-23-13-17(22-19(15)23)14-26-18-8-6-16(7-9-18)20(24)21-10-4-12-25-2/h3,5-9,11,13H,4,10,12,14H2,1-2H3,(H,21,24). The van der Waals surface area contributed by atoms with E-state index < -0.39 is 0 Å². The fourth-order valence-corrected chi connectivity index (χ4v) is 2.65. The molecule has 0 aliphatic heterocycles. The molecule has 6 nitrogen and oxygen atoms in total. The summed E-state index contributed by atoms with van der Waals surface area (Å²) in [5.74, 6) is 0.609. The van der Waals surface area contributed by atoms with Crippen molar-refractivity contribution in [3.05, 3.63) is 65.6 Å². The number of nitrogens with one attached hydrogen (secondary N) is 1. The highest BCUT2D eigenvalue weighted by Crippen LogP contribution is 2.15. The quantitative estimate of drug-likeness (QED) is 0.632. The fourth-order valence-electron chi connectivity index (χ4n) is 2.65. The Kier molecular flexibility index (Phi) is 5.86. The maximum atomic E-state index is 12.0. The summed E-state index contributed by atoms with van der Waals surface area (Å²) in [6.45, 7) is 3.64. The highest BCUT2D eigenvalue weighted by molar-refractivity contribution is 5.94. The third-order valence-corrected chi connectivity index (χ3v) is 4.04. The number of nitrogens with zero attached hydrogens (tertiary/aromatic N) is 2. The first kappa shape index (κ1) is 17.9. The first-order valence-corrected chi connectivity index (χ1v) is 8.60. The van der Waals surface area contributed by atoms with Gasteiger partial charge in [-0.05, 0) is 49.2 Å². The van der Waals surface area contributed by atoms with Crippen LogP contribution in [-0.4, -0.2) is 35.6 Å². The van der Waals surface area contributed by atoms with E-state index in [-0.39, 0.29) is 5.91 Å². The van der Waals surface area contributed by atoms with Crippen LogP contribution >= 0.6 is 0 Å². The lowest BCUT2D eigenvalue weighted by Crippen LogP contribution is -2.25. The van der Waals surface area contributed by atoms with Crippen LogP contribution in [0.15, 0.2) is 48.8 Å². The van der Waals surface area contributed by atoms with Crippen LogP contribution in [0.4, 0.5) is 0 Å². The molecule has 0 bridgehead atoms. The molecule has 3 aromatic rings. The van der Waals surface area contributed by atoms with E-state index in [0.29, 0.717) is 31.1 Å². The number of carbonyl (C=O) groups is 1. The molecular weight excluding hydrogens is 330 g/mol. The van der Waals surface area contributed by atoms with Crippen LogP contribution in [0.2, 0.25) is 0 Å². The second kappa shape index (κ2) is 8.49. The monoisotopic (exact) mass is 353 g/mol. The average Bonchev–Trinajstić information content (AvgIpc) is 3.08. The van der Waals surface area contributed by atoms with Gasteiger partial charge in [-0.2, -0.15) is 0 Å². The summed E-state index contributed by atoms with van der Waals surface area (Å²) in [7, 11) is 1.65. The second-order valence-corrected chi connectivity index (χ2v) is 6.07. The van der Waals surface area contributed by atoms with Gasteiger partial charge in [-0.15, -0.1) is 0 Å². The molecule has 1 N–H and O–H groups in total. The maximum absolute atomic E-state index is 12.0. The minimum absolute atomic E-state index is 0.0940. The zero-order valence-corrected chi connectivity index (χ0v) is 15.1. The van der Waals surface area contributed by atoms with E-state index in [1.165, 1.54) is 0 Å². The predicted molar refractivity (Wildman–Crippen MR) is 99.5 cm³/mol. The molecule has 2 aromatic heterocycles. The summed E-state index contributed by atoms with van der Waals surface area (Å²) >= 11 is 0. The van der Waals surface area contributed by atoms with Gasteiger partial charge in [-0.25, -0.2) is 4.98 Å². The first-order chi connectivity index (χ1) is 12.7. The number of pyridine rings is 1. The van der Waals surface area contributed by atoms with Crippen molar-refractivity contribution >= 4 is 11.6 Å². The summed E-state index contributed by atoms with van der Waals surface area (Å²) in [6, 6.07) is 11.1. The third kappa shape index (κ3) is 4.40. The highest BCUT2D eigenvalue weighted by Gasteiger charge is 2.07. The summed E-state index contributed by atoms with van der Waals surface area (Å²) in [6.07, 6.45) is 4.73. The van der Waals surface area contributed by atoms with Gasteiger partial charge in [0.05, 0.1) is 5.69 Å². The number of fused-ring (bicyclic) bond motifs is 1. The van der Waals surface area contributed by atoms with Crippen LogP contribution in [0, 0.1) is 6.92 Å². The Hall–Kier alpha value is -2.86. The van der Waals surface area contributed by atoms with Crippen molar-refractivity contribution < 1.29 is 14.3 Å². The van der Waals surface area contributed by atoms with E-state index in [0.717, 1.165) is 23.3 Å². The molecule has 0 aliphatic rings. The Balaban J connectivity index is 1.55. The molecule has 1 amide bonds. The van der Waals surface area contributed by atoms with Gasteiger partial charge in [0.25, 0.3) is 5.91 Å². The van der Waals surface area contributed by atoms with Crippen LogP contribution < -0.4 is 10.1 Å². The number of aromatic nitrogens is 2. The fraction of sp³-hybridized carbons (Fsp3) is 0.300. The molecule has 0 saturated carbocycles. The Morgan fingerprint density at radius 1 is 1.23 bits per heavy atom. The van der Waals surface area contributed by atoms with Crippen LogP contribution in [0.5, 0.6) is 5.75 Å². The minimum atomic E-state index is -0.0940. The molecule has 3 rings (SSSR count). The minimum Gasteiger partial charge on any atom is -0.487 e. The van der Waals surface area contributed by atoms with E-state index >= 15 is 0 Å². The van der Waals surface area contributed by atoms with Gasteiger partial charge < -0.3 is 19.2 Å². The first-order valence-electron chi connectivity index (χ1n) is 8.60. The summed E-state index contributed by atoms with van der Waals surface area (Å²) in [5.41, 5.74) is 3.53. The molecule has 26 heavy (non-hydrogen) atoms. The molecule has 0 fully saturated rings. The van der Waals surface area contributed by atoms with E-state index in [1.54, 1.807) is 31.4 Å². The average molecular weight is 353 g/mol. The van der Waals surface area contributed by atoms with Crippen molar-refractivity contribution in [2.45, 2.75) is 20.0 Å². The van der Waals surface area contributed by atoms with E-state index in [4.69, 9.17) is 9.47 Å². The molecule has 6 heteroatoms. The topological polar surface area (TPSA) is 64.9 Å². The molecular formula is C20H23N3O3. The number of aryl methyl sites for hydroxylation is 1. The highest BCUT2D eigenvalue weighted by atomic mass is 16.5. The number of rotatable bonds is 8. The maximum Gasteiger partial charge on any atom is 0.251 e. The number of benzene rings is 1. The number of ether oxygens (including phenoxy) is 2. The number of hydrogen-bond donors (Lipinski definition) is 1. The predicted octanol–water partition coefficient (Wildman–Crippen LogP) is 2.99. The largest absolute Gasteiger partial charge is 0.487 e. The SMILES string of the molecule is COCCCNC(=O)c1ccc(OCc2cn3cccc(C)c3n2)cc1. The summed E-state index contributed by atoms with van der Waals surface area (Å²) in [5, 5.41) is 2.86. The van der Waals surface area contributed by atoms with Crippen molar-refractivity contribution in [1.29, 1.82) is 0 Å². The lowest BCUT2D eigenvalue weighted by molar-refractivity contribution is 0.0948. The zero-order valence-electron chi connectivity index (χ0n) is 15.1.